The van der Waals surface area contributed by atoms with E-state index in [1.54, 1.807) is 7.11 Å². The van der Waals surface area contributed by atoms with Gasteiger partial charge >= 0.3 is 0 Å². The van der Waals surface area contributed by atoms with Gasteiger partial charge in [0.2, 0.25) is 0 Å². The van der Waals surface area contributed by atoms with E-state index in [4.69, 9.17) is 9.47 Å². The minimum atomic E-state index is -0.255. The third-order valence-electron chi connectivity index (χ3n) is 4.01. The quantitative estimate of drug-likeness (QED) is 0.594. The van der Waals surface area contributed by atoms with Crippen LogP contribution in [0, 0.1) is 6.92 Å². The molecule has 2 aromatic carbocycles. The first-order chi connectivity index (χ1) is 13.1. The van der Waals surface area contributed by atoms with Gasteiger partial charge in [-0.15, -0.1) is 0 Å². The second-order valence-electron chi connectivity index (χ2n) is 5.95. The number of nitrogens with zero attached hydrogens (tertiary/aromatic N) is 1. The molecular weight excluding hydrogens is 410 g/mol. The van der Waals surface area contributed by atoms with Crippen LogP contribution in [-0.2, 0) is 13.2 Å². The van der Waals surface area contributed by atoms with Gasteiger partial charge in [-0.2, -0.15) is 5.10 Å². The fourth-order valence-corrected chi connectivity index (χ4v) is 2.87. The van der Waals surface area contributed by atoms with Crippen molar-refractivity contribution in [2.24, 2.45) is 0 Å². The molecule has 0 spiro atoms. The zero-order chi connectivity index (χ0) is 19.2. The van der Waals surface area contributed by atoms with Gasteiger partial charge in [0.05, 0.1) is 11.6 Å². The molecule has 27 heavy (non-hydrogen) atoms. The van der Waals surface area contributed by atoms with E-state index in [2.05, 4.69) is 31.4 Å². The van der Waals surface area contributed by atoms with Crippen LogP contribution in [-0.4, -0.2) is 23.2 Å². The van der Waals surface area contributed by atoms with Gasteiger partial charge in [0, 0.05) is 12.2 Å². The Morgan fingerprint density at radius 1 is 1.15 bits per heavy atom. The molecule has 0 aliphatic carbocycles. The minimum absolute atomic E-state index is 0.255. The van der Waals surface area contributed by atoms with Crippen LogP contribution in [0.4, 0.5) is 0 Å². The van der Waals surface area contributed by atoms with Gasteiger partial charge in [-0.05, 0) is 46.1 Å². The van der Waals surface area contributed by atoms with Gasteiger partial charge < -0.3 is 14.8 Å². The Labute approximate surface area is 166 Å². The number of halogens is 1. The molecule has 2 N–H and O–H groups in total. The average Bonchev–Trinajstić information content (AvgIpc) is 3.04. The number of ether oxygens (including phenoxy) is 2. The molecule has 3 aromatic rings. The normalized spacial score (nSPS) is 10.5. The topological polar surface area (TPSA) is 76.2 Å². The highest BCUT2D eigenvalue weighted by atomic mass is 79.9. The molecule has 7 heteroatoms. The van der Waals surface area contributed by atoms with Gasteiger partial charge in [-0.25, -0.2) is 0 Å². The highest BCUT2D eigenvalue weighted by molar-refractivity contribution is 9.10. The average molecular weight is 430 g/mol. The Bertz CT molecular complexity index is 925. The number of aromatic amines is 1. The first-order valence-electron chi connectivity index (χ1n) is 8.40. The molecule has 0 unspecified atom stereocenters. The van der Waals surface area contributed by atoms with Crippen LogP contribution in [0.25, 0.3) is 0 Å². The number of carbonyl (C=O) groups is 1. The number of methoxy groups -OCH3 is 1. The SMILES string of the molecule is COc1cc(CNC(=O)c2n[nH]c(C)c2Br)ccc1OCc1ccccc1. The summed E-state index contributed by atoms with van der Waals surface area (Å²) in [5.74, 6) is 1.02. The summed E-state index contributed by atoms with van der Waals surface area (Å²) < 4.78 is 11.9. The largest absolute Gasteiger partial charge is 0.493 e. The van der Waals surface area contributed by atoms with E-state index in [1.165, 1.54) is 0 Å². The molecule has 0 saturated carbocycles. The fraction of sp³-hybridized carbons (Fsp3) is 0.200. The van der Waals surface area contributed by atoms with Crippen molar-refractivity contribution >= 4 is 21.8 Å². The summed E-state index contributed by atoms with van der Waals surface area (Å²) in [6.07, 6.45) is 0. The number of aryl methyl sites for hydroxylation is 1. The van der Waals surface area contributed by atoms with Gasteiger partial charge in [-0.3, -0.25) is 9.89 Å². The van der Waals surface area contributed by atoms with Crippen molar-refractivity contribution in [2.45, 2.75) is 20.1 Å². The number of hydrogen-bond donors (Lipinski definition) is 2. The molecule has 0 bridgehead atoms. The number of nitrogens with one attached hydrogen (secondary N) is 2. The maximum atomic E-state index is 12.3. The second-order valence-corrected chi connectivity index (χ2v) is 6.75. The van der Waals surface area contributed by atoms with Crippen LogP contribution in [0.1, 0.15) is 27.3 Å². The van der Waals surface area contributed by atoms with Crippen molar-refractivity contribution in [1.29, 1.82) is 0 Å². The van der Waals surface area contributed by atoms with Crippen molar-refractivity contribution in [1.82, 2.24) is 15.5 Å². The van der Waals surface area contributed by atoms with Crippen LogP contribution in [0.15, 0.2) is 53.0 Å². The van der Waals surface area contributed by atoms with Crippen LogP contribution >= 0.6 is 15.9 Å². The lowest BCUT2D eigenvalue weighted by atomic mass is 10.2. The lowest BCUT2D eigenvalue weighted by Crippen LogP contribution is -2.23. The Hall–Kier alpha value is -2.80. The van der Waals surface area contributed by atoms with Crippen molar-refractivity contribution in [2.75, 3.05) is 7.11 Å². The first-order valence-corrected chi connectivity index (χ1v) is 9.20. The van der Waals surface area contributed by atoms with E-state index in [1.807, 2.05) is 55.5 Å². The summed E-state index contributed by atoms with van der Waals surface area (Å²) in [4.78, 5) is 12.3. The van der Waals surface area contributed by atoms with E-state index in [0.717, 1.165) is 16.8 Å². The number of H-pyrrole nitrogens is 1. The van der Waals surface area contributed by atoms with E-state index in [0.29, 0.717) is 34.8 Å². The maximum Gasteiger partial charge on any atom is 0.273 e. The van der Waals surface area contributed by atoms with Crippen LogP contribution in [0.2, 0.25) is 0 Å². The molecule has 0 aliphatic rings. The molecule has 3 rings (SSSR count). The Balaban J connectivity index is 1.63. The predicted octanol–water partition coefficient (Wildman–Crippen LogP) is 4.00. The standard InChI is InChI=1S/C20H20BrN3O3/c1-13-18(21)19(24-23-13)20(25)22-11-15-8-9-16(17(10-15)26-2)27-12-14-6-4-3-5-7-14/h3-10H,11-12H2,1-2H3,(H,22,25)(H,23,24). The van der Waals surface area contributed by atoms with Gasteiger partial charge in [-0.1, -0.05) is 36.4 Å². The molecule has 0 saturated heterocycles. The predicted molar refractivity (Wildman–Crippen MR) is 106 cm³/mol. The number of rotatable bonds is 7. The zero-order valence-electron chi connectivity index (χ0n) is 15.1. The molecule has 140 valence electrons. The molecule has 0 radical (unpaired) electrons. The number of benzene rings is 2. The summed E-state index contributed by atoms with van der Waals surface area (Å²) in [7, 11) is 1.59. The summed E-state index contributed by atoms with van der Waals surface area (Å²) in [5, 5.41) is 9.63. The maximum absolute atomic E-state index is 12.3. The molecule has 0 fully saturated rings. The highest BCUT2D eigenvalue weighted by Gasteiger charge is 2.15. The Morgan fingerprint density at radius 2 is 1.93 bits per heavy atom. The number of aromatic nitrogens is 2. The Morgan fingerprint density at radius 3 is 2.59 bits per heavy atom. The monoisotopic (exact) mass is 429 g/mol. The lowest BCUT2D eigenvalue weighted by Gasteiger charge is -2.12. The van der Waals surface area contributed by atoms with Crippen molar-refractivity contribution in [3.05, 3.63) is 75.5 Å². The first kappa shape index (κ1) is 19.0. The van der Waals surface area contributed by atoms with Gasteiger partial charge in [0.15, 0.2) is 17.2 Å². The third kappa shape index (κ3) is 4.68. The van der Waals surface area contributed by atoms with Gasteiger partial charge in [0.1, 0.15) is 6.61 Å². The summed E-state index contributed by atoms with van der Waals surface area (Å²) >= 11 is 3.35. The van der Waals surface area contributed by atoms with Crippen molar-refractivity contribution in [3.63, 3.8) is 0 Å². The summed E-state index contributed by atoms with van der Waals surface area (Å²) in [5.41, 5.74) is 3.12. The van der Waals surface area contributed by atoms with E-state index >= 15 is 0 Å². The smallest absolute Gasteiger partial charge is 0.273 e. The van der Waals surface area contributed by atoms with E-state index in [-0.39, 0.29) is 5.91 Å². The fourth-order valence-electron chi connectivity index (χ4n) is 2.51. The Kier molecular flexibility index (Phi) is 6.13. The molecule has 0 aliphatic heterocycles. The highest BCUT2D eigenvalue weighted by Crippen LogP contribution is 2.29. The summed E-state index contributed by atoms with van der Waals surface area (Å²) in [6, 6.07) is 15.5. The zero-order valence-corrected chi connectivity index (χ0v) is 16.7. The minimum Gasteiger partial charge on any atom is -0.493 e. The van der Waals surface area contributed by atoms with Crippen LogP contribution in [0.3, 0.4) is 0 Å². The van der Waals surface area contributed by atoms with E-state index in [9.17, 15) is 4.79 Å². The number of amides is 1. The van der Waals surface area contributed by atoms with E-state index < -0.39 is 0 Å². The molecule has 1 amide bonds. The van der Waals surface area contributed by atoms with Gasteiger partial charge in [0.25, 0.3) is 5.91 Å². The van der Waals surface area contributed by atoms with Crippen molar-refractivity contribution < 1.29 is 14.3 Å². The third-order valence-corrected chi connectivity index (χ3v) is 4.98. The lowest BCUT2D eigenvalue weighted by molar-refractivity contribution is 0.0945. The molecular formula is C20H20BrN3O3. The number of hydrogen-bond acceptors (Lipinski definition) is 4. The van der Waals surface area contributed by atoms with Crippen LogP contribution in [0.5, 0.6) is 11.5 Å². The molecule has 6 nitrogen and oxygen atoms in total. The number of carbonyl (C=O) groups excluding carboxylic acids is 1. The van der Waals surface area contributed by atoms with Crippen molar-refractivity contribution in [3.8, 4) is 11.5 Å². The molecule has 0 atom stereocenters. The van der Waals surface area contributed by atoms with Crippen LogP contribution < -0.4 is 14.8 Å². The second kappa shape index (κ2) is 8.73. The molecule has 1 aromatic heterocycles. The summed E-state index contributed by atoms with van der Waals surface area (Å²) in [6.45, 7) is 2.65. The molecule has 1 heterocycles.